The molecule has 192 valence electrons. The monoisotopic (exact) mass is 502 g/mol. The van der Waals surface area contributed by atoms with E-state index in [0.717, 1.165) is 49.1 Å². The number of carbonyl (C=O) groups excluding carboxylic acids is 2. The number of carbonyl (C=O) groups is 2. The molecule has 2 aromatic heterocycles. The summed E-state index contributed by atoms with van der Waals surface area (Å²) in [7, 11) is 0. The van der Waals surface area contributed by atoms with Crippen LogP contribution in [0.2, 0.25) is 0 Å². The third-order valence-corrected chi connectivity index (χ3v) is 6.47. The van der Waals surface area contributed by atoms with Crippen molar-refractivity contribution in [1.82, 2.24) is 19.9 Å². The van der Waals surface area contributed by atoms with Crippen LogP contribution in [0.4, 0.5) is 19.1 Å². The maximum atomic E-state index is 12.7. The van der Waals surface area contributed by atoms with Crippen molar-refractivity contribution in [3.8, 4) is 0 Å². The molecule has 3 heterocycles. The van der Waals surface area contributed by atoms with Crippen LogP contribution in [-0.4, -0.2) is 45.5 Å². The Morgan fingerprint density at radius 1 is 1.06 bits per heavy atom. The predicted octanol–water partition coefficient (Wildman–Crippen LogP) is 3.89. The van der Waals surface area contributed by atoms with Gasteiger partial charge in [0.2, 0.25) is 17.8 Å². The van der Waals surface area contributed by atoms with Gasteiger partial charge in [-0.1, -0.05) is 12.5 Å². The fraction of sp³-hybridized carbons (Fsp3) is 0.440. The summed E-state index contributed by atoms with van der Waals surface area (Å²) in [6, 6.07) is 7.45. The fourth-order valence-electron chi connectivity index (χ4n) is 4.43. The predicted molar refractivity (Wildman–Crippen MR) is 129 cm³/mol. The number of amides is 2. The Morgan fingerprint density at radius 2 is 1.78 bits per heavy atom. The largest absolute Gasteiger partial charge is 0.419 e. The Labute approximate surface area is 206 Å². The minimum Gasteiger partial charge on any atom is -0.366 e. The molecule has 1 saturated heterocycles. The molecule has 8 nitrogen and oxygen atoms in total. The Balaban J connectivity index is 1.14. The van der Waals surface area contributed by atoms with Crippen molar-refractivity contribution in [1.29, 1.82) is 0 Å². The Morgan fingerprint density at radius 3 is 2.44 bits per heavy atom. The minimum atomic E-state index is -4.46. The lowest BCUT2D eigenvalue weighted by atomic mass is 10.0. The summed E-state index contributed by atoms with van der Waals surface area (Å²) < 4.78 is 40.1. The van der Waals surface area contributed by atoms with Gasteiger partial charge in [-0.15, -0.1) is 0 Å². The number of hydrogen-bond acceptors (Lipinski definition) is 5. The number of benzene rings is 1. The summed E-state index contributed by atoms with van der Waals surface area (Å²) >= 11 is 0. The van der Waals surface area contributed by atoms with E-state index < -0.39 is 17.6 Å². The van der Waals surface area contributed by atoms with Crippen LogP contribution in [0.3, 0.4) is 0 Å². The maximum absolute atomic E-state index is 12.7. The van der Waals surface area contributed by atoms with Gasteiger partial charge in [0.1, 0.15) is 0 Å². The van der Waals surface area contributed by atoms with E-state index in [1.807, 2.05) is 23.2 Å². The normalized spacial score (nSPS) is 14.8. The zero-order valence-electron chi connectivity index (χ0n) is 19.8. The molecule has 3 aromatic rings. The van der Waals surface area contributed by atoms with Gasteiger partial charge in [0.05, 0.1) is 5.56 Å². The number of nitrogens with two attached hydrogens (primary N) is 1. The molecule has 0 saturated carbocycles. The molecule has 36 heavy (non-hydrogen) atoms. The van der Waals surface area contributed by atoms with Gasteiger partial charge in [-0.05, 0) is 49.3 Å². The fourth-order valence-corrected chi connectivity index (χ4v) is 4.43. The third-order valence-electron chi connectivity index (χ3n) is 6.47. The number of nitrogens with zero attached hydrogens (tertiary/aromatic N) is 4. The van der Waals surface area contributed by atoms with Gasteiger partial charge in [-0.2, -0.15) is 13.2 Å². The summed E-state index contributed by atoms with van der Waals surface area (Å²) in [4.78, 5) is 33.3. The highest BCUT2D eigenvalue weighted by Crippen LogP contribution is 2.28. The number of anilines is 1. The van der Waals surface area contributed by atoms with Crippen LogP contribution in [0.5, 0.6) is 0 Å². The first-order chi connectivity index (χ1) is 17.2. The van der Waals surface area contributed by atoms with Crippen molar-refractivity contribution >= 4 is 28.7 Å². The first kappa shape index (κ1) is 25.5. The molecule has 1 aliphatic rings. The van der Waals surface area contributed by atoms with E-state index in [9.17, 15) is 22.8 Å². The second-order valence-electron chi connectivity index (χ2n) is 9.06. The Hall–Kier alpha value is -3.63. The van der Waals surface area contributed by atoms with E-state index in [1.165, 1.54) is 0 Å². The van der Waals surface area contributed by atoms with Crippen LogP contribution >= 0.6 is 0 Å². The van der Waals surface area contributed by atoms with Crippen LogP contribution in [0.15, 0.2) is 42.9 Å². The molecule has 0 bridgehead atoms. The van der Waals surface area contributed by atoms with E-state index in [-0.39, 0.29) is 17.9 Å². The molecular formula is C25H29F3N6O2. The number of unbranched alkanes of at least 4 members (excludes halogenated alkanes) is 2. The maximum Gasteiger partial charge on any atom is 0.419 e. The highest BCUT2D eigenvalue weighted by molar-refractivity contribution is 5.97. The zero-order chi connectivity index (χ0) is 25.7. The highest BCUT2D eigenvalue weighted by Gasteiger charge is 2.32. The summed E-state index contributed by atoms with van der Waals surface area (Å²) in [5.41, 5.74) is 5.97. The van der Waals surface area contributed by atoms with Gasteiger partial charge in [0, 0.05) is 61.8 Å². The molecular weight excluding hydrogens is 473 g/mol. The van der Waals surface area contributed by atoms with Crippen molar-refractivity contribution < 1.29 is 22.8 Å². The van der Waals surface area contributed by atoms with Crippen LogP contribution in [0, 0.1) is 0 Å². The van der Waals surface area contributed by atoms with Crippen LogP contribution in [-0.2, 0) is 17.5 Å². The zero-order valence-corrected chi connectivity index (χ0v) is 19.8. The molecule has 0 atom stereocenters. The van der Waals surface area contributed by atoms with Crippen molar-refractivity contribution in [2.45, 2.75) is 57.3 Å². The lowest BCUT2D eigenvalue weighted by Crippen LogP contribution is -2.45. The summed E-state index contributed by atoms with van der Waals surface area (Å²) in [5.74, 6) is -0.167. The van der Waals surface area contributed by atoms with Crippen molar-refractivity contribution in [2.24, 2.45) is 5.73 Å². The van der Waals surface area contributed by atoms with Gasteiger partial charge in [-0.3, -0.25) is 9.59 Å². The standard InChI is InChI=1S/C25H29F3N6O2/c26-25(27,28)19-15-30-24(31-16-19)34-12-8-20(9-13-34)32-22(35)4-2-1-3-10-33-11-7-17-5-6-18(23(29)36)14-21(17)33/h5-7,11,14-16,20H,1-4,8-10,12-13H2,(H2,29,36)(H,32,35). The molecule has 0 unspecified atom stereocenters. The number of rotatable bonds is 9. The van der Waals surface area contributed by atoms with E-state index in [2.05, 4.69) is 19.9 Å². The lowest BCUT2D eigenvalue weighted by molar-refractivity contribution is -0.138. The van der Waals surface area contributed by atoms with E-state index in [0.29, 0.717) is 37.9 Å². The van der Waals surface area contributed by atoms with Crippen LogP contribution < -0.4 is 16.0 Å². The van der Waals surface area contributed by atoms with Gasteiger partial charge >= 0.3 is 6.18 Å². The van der Waals surface area contributed by atoms with Gasteiger partial charge < -0.3 is 20.5 Å². The second-order valence-corrected chi connectivity index (χ2v) is 9.06. The lowest BCUT2D eigenvalue weighted by Gasteiger charge is -2.32. The molecule has 1 aromatic carbocycles. The number of fused-ring (bicyclic) bond motifs is 1. The van der Waals surface area contributed by atoms with Crippen LogP contribution in [0.1, 0.15) is 54.4 Å². The number of halogens is 3. The number of primary amides is 1. The summed E-state index contributed by atoms with van der Waals surface area (Å²) in [6.45, 7) is 1.93. The smallest absolute Gasteiger partial charge is 0.366 e. The number of piperidine rings is 1. The number of hydrogen-bond donors (Lipinski definition) is 2. The average Bonchev–Trinajstić information content (AvgIpc) is 3.26. The van der Waals surface area contributed by atoms with E-state index >= 15 is 0 Å². The quantitative estimate of drug-likeness (QED) is 0.432. The number of aryl methyl sites for hydroxylation is 1. The Kier molecular flexibility index (Phi) is 7.76. The first-order valence-corrected chi connectivity index (χ1v) is 12.0. The molecule has 0 radical (unpaired) electrons. The van der Waals surface area contributed by atoms with Gasteiger partial charge in [0.15, 0.2) is 0 Å². The minimum absolute atomic E-state index is 0.0109. The SMILES string of the molecule is NC(=O)c1ccc2ccn(CCCCCC(=O)NC3CCN(c4ncc(C(F)(F)F)cn4)CC3)c2c1. The van der Waals surface area contributed by atoms with Crippen molar-refractivity contribution in [2.75, 3.05) is 18.0 Å². The average molecular weight is 503 g/mol. The molecule has 1 fully saturated rings. The number of alkyl halides is 3. The summed E-state index contributed by atoms with van der Waals surface area (Å²) in [6.07, 6.45) is 3.52. The number of aromatic nitrogens is 3. The molecule has 0 spiro atoms. The Bertz CT molecular complexity index is 1200. The molecule has 3 N–H and O–H groups in total. The summed E-state index contributed by atoms with van der Waals surface area (Å²) in [5, 5.41) is 4.11. The van der Waals surface area contributed by atoms with Gasteiger partial charge in [-0.25, -0.2) is 9.97 Å². The molecule has 4 rings (SSSR count). The van der Waals surface area contributed by atoms with E-state index in [1.54, 1.807) is 12.1 Å². The highest BCUT2D eigenvalue weighted by atomic mass is 19.4. The molecule has 2 amide bonds. The van der Waals surface area contributed by atoms with Crippen molar-refractivity contribution in [3.05, 3.63) is 54.0 Å². The van der Waals surface area contributed by atoms with E-state index in [4.69, 9.17) is 5.73 Å². The molecule has 0 aliphatic carbocycles. The number of nitrogens with one attached hydrogen (secondary N) is 1. The third kappa shape index (κ3) is 6.32. The molecule has 1 aliphatic heterocycles. The van der Waals surface area contributed by atoms with Crippen LogP contribution in [0.25, 0.3) is 10.9 Å². The second kappa shape index (κ2) is 11.0. The first-order valence-electron chi connectivity index (χ1n) is 12.0. The molecule has 11 heteroatoms. The topological polar surface area (TPSA) is 106 Å². The van der Waals surface area contributed by atoms with Crippen molar-refractivity contribution in [3.63, 3.8) is 0 Å². The van der Waals surface area contributed by atoms with Gasteiger partial charge in [0.25, 0.3) is 0 Å².